The first kappa shape index (κ1) is 22.6. The Morgan fingerprint density at radius 1 is 1.29 bits per heavy atom. The van der Waals surface area contributed by atoms with Gasteiger partial charge in [0.1, 0.15) is 23.5 Å². The van der Waals surface area contributed by atoms with Crippen molar-refractivity contribution in [1.29, 1.82) is 0 Å². The molecule has 1 saturated heterocycles. The summed E-state index contributed by atoms with van der Waals surface area (Å²) in [7, 11) is 0. The highest BCUT2D eigenvalue weighted by molar-refractivity contribution is 6.44. The average molecular weight is 469 g/mol. The van der Waals surface area contributed by atoms with Crippen molar-refractivity contribution in [2.45, 2.75) is 58.3 Å². The number of carbonyl (C=O) groups excluding carboxylic acids is 2. The lowest BCUT2D eigenvalue weighted by Gasteiger charge is -2.32. The first-order valence-corrected chi connectivity index (χ1v) is 11.3. The molecule has 0 aromatic heterocycles. The molecule has 8 heteroatoms. The minimum Gasteiger partial charge on any atom is -0.480 e. The van der Waals surface area contributed by atoms with E-state index in [2.05, 4.69) is 6.92 Å². The minimum atomic E-state index is -0.671. The summed E-state index contributed by atoms with van der Waals surface area (Å²) in [4.78, 5) is 24.2. The number of fused-ring (bicyclic) bond motifs is 3. The molecule has 0 radical (unpaired) electrons. The van der Waals surface area contributed by atoms with E-state index in [9.17, 15) is 9.59 Å². The molecule has 168 valence electrons. The van der Waals surface area contributed by atoms with Crippen LogP contribution in [0.4, 0.5) is 0 Å². The molecule has 2 aliphatic carbocycles. The van der Waals surface area contributed by atoms with Gasteiger partial charge in [0.05, 0.1) is 11.6 Å². The Morgan fingerprint density at radius 3 is 2.74 bits per heavy atom. The Balaban J connectivity index is 1.45. The monoisotopic (exact) mass is 468 g/mol. The van der Waals surface area contributed by atoms with Crippen LogP contribution < -0.4 is 4.74 Å². The zero-order valence-corrected chi connectivity index (χ0v) is 19.4. The van der Waals surface area contributed by atoms with E-state index in [0.29, 0.717) is 23.8 Å². The number of ketones is 1. The fraction of sp³-hybridized carbons (Fsp3) is 0.565. The smallest absolute Gasteiger partial charge is 0.344 e. The van der Waals surface area contributed by atoms with Crippen LogP contribution in [0.1, 0.15) is 51.2 Å². The maximum atomic E-state index is 12.1. The molecule has 1 aliphatic heterocycles. The number of esters is 1. The third-order valence-electron chi connectivity index (χ3n) is 6.30. The second-order valence-electron chi connectivity index (χ2n) is 8.79. The van der Waals surface area contributed by atoms with Gasteiger partial charge in [0, 0.05) is 17.4 Å². The van der Waals surface area contributed by atoms with Crippen molar-refractivity contribution >= 4 is 40.5 Å². The predicted molar refractivity (Wildman–Crippen MR) is 116 cm³/mol. The first-order valence-electron chi connectivity index (χ1n) is 10.5. The van der Waals surface area contributed by atoms with E-state index in [0.717, 1.165) is 36.0 Å². The number of ether oxygens (including phenoxy) is 4. The Labute approximate surface area is 191 Å². The fourth-order valence-electron chi connectivity index (χ4n) is 4.66. The fourth-order valence-corrected chi connectivity index (χ4v) is 5.18. The van der Waals surface area contributed by atoms with Crippen LogP contribution >= 0.6 is 23.2 Å². The van der Waals surface area contributed by atoms with Crippen molar-refractivity contribution in [2.75, 3.05) is 19.8 Å². The van der Waals surface area contributed by atoms with Gasteiger partial charge in [-0.15, -0.1) is 0 Å². The lowest BCUT2D eigenvalue weighted by molar-refractivity contribution is -0.159. The van der Waals surface area contributed by atoms with E-state index in [1.54, 1.807) is 6.08 Å². The molecule has 1 heterocycles. The number of hydrogen-bond donors (Lipinski definition) is 0. The Kier molecular flexibility index (Phi) is 6.12. The van der Waals surface area contributed by atoms with Gasteiger partial charge >= 0.3 is 5.97 Å². The van der Waals surface area contributed by atoms with Gasteiger partial charge in [-0.25, -0.2) is 4.79 Å². The molecule has 1 aromatic carbocycles. The van der Waals surface area contributed by atoms with Crippen LogP contribution in [0.15, 0.2) is 12.1 Å². The van der Waals surface area contributed by atoms with E-state index in [1.807, 2.05) is 19.9 Å². The van der Waals surface area contributed by atoms with E-state index < -0.39 is 11.8 Å². The topological polar surface area (TPSA) is 71.1 Å². The summed E-state index contributed by atoms with van der Waals surface area (Å²) >= 11 is 13.1. The van der Waals surface area contributed by atoms with Crippen molar-refractivity contribution in [3.8, 4) is 5.75 Å². The average Bonchev–Trinajstić information content (AvgIpc) is 3.24. The number of carbonyl (C=O) groups is 2. The third-order valence-corrected chi connectivity index (χ3v) is 7.15. The molecule has 6 nitrogen and oxygen atoms in total. The highest BCUT2D eigenvalue weighted by atomic mass is 35.5. The number of benzene rings is 1. The molecule has 2 unspecified atom stereocenters. The van der Waals surface area contributed by atoms with Gasteiger partial charge < -0.3 is 18.9 Å². The summed E-state index contributed by atoms with van der Waals surface area (Å²) in [5, 5.41) is 0.589. The molecule has 0 bridgehead atoms. The van der Waals surface area contributed by atoms with E-state index in [-0.39, 0.29) is 35.5 Å². The van der Waals surface area contributed by atoms with Crippen LogP contribution in [-0.2, 0) is 30.2 Å². The third kappa shape index (κ3) is 4.36. The number of hydrogen-bond acceptors (Lipinski definition) is 6. The van der Waals surface area contributed by atoms with E-state index in [1.165, 1.54) is 0 Å². The van der Waals surface area contributed by atoms with Crippen LogP contribution in [0.25, 0.3) is 5.57 Å². The number of halogens is 2. The van der Waals surface area contributed by atoms with Gasteiger partial charge in [0.2, 0.25) is 0 Å². The van der Waals surface area contributed by atoms with Gasteiger partial charge in [0.15, 0.2) is 18.2 Å². The van der Waals surface area contributed by atoms with E-state index >= 15 is 0 Å². The highest BCUT2D eigenvalue weighted by Gasteiger charge is 2.44. The largest absolute Gasteiger partial charge is 0.480 e. The molecular weight excluding hydrogens is 443 g/mol. The molecule has 2 atom stereocenters. The van der Waals surface area contributed by atoms with Crippen LogP contribution in [0.3, 0.4) is 0 Å². The second kappa shape index (κ2) is 8.39. The summed E-state index contributed by atoms with van der Waals surface area (Å²) < 4.78 is 21.9. The molecule has 1 fully saturated rings. The summed E-state index contributed by atoms with van der Waals surface area (Å²) in [6.45, 7) is 5.89. The van der Waals surface area contributed by atoms with Crippen LogP contribution in [0, 0.1) is 5.41 Å². The van der Waals surface area contributed by atoms with Crippen molar-refractivity contribution in [1.82, 2.24) is 0 Å². The predicted octanol–water partition coefficient (Wildman–Crippen LogP) is 4.77. The Hall–Kier alpha value is -1.60. The zero-order valence-electron chi connectivity index (χ0n) is 17.9. The molecule has 0 spiro atoms. The quantitative estimate of drug-likeness (QED) is 0.560. The maximum absolute atomic E-state index is 12.1. The van der Waals surface area contributed by atoms with Gasteiger partial charge in [-0.3, -0.25) is 4.79 Å². The maximum Gasteiger partial charge on any atom is 0.344 e. The molecule has 0 N–H and O–H groups in total. The van der Waals surface area contributed by atoms with Crippen LogP contribution in [-0.4, -0.2) is 43.5 Å². The minimum absolute atomic E-state index is 0.0888. The van der Waals surface area contributed by atoms with Crippen LogP contribution in [0.2, 0.25) is 10.0 Å². The molecule has 4 rings (SSSR count). The molecule has 1 aromatic rings. The van der Waals surface area contributed by atoms with Crippen LogP contribution in [0.5, 0.6) is 5.75 Å². The summed E-state index contributed by atoms with van der Waals surface area (Å²) in [6, 6.07) is 1.83. The molecule has 0 saturated carbocycles. The van der Waals surface area contributed by atoms with E-state index in [4.69, 9.17) is 42.1 Å². The molecule has 3 aliphatic rings. The Bertz CT molecular complexity index is 954. The lowest BCUT2D eigenvalue weighted by atomic mass is 9.71. The first-order chi connectivity index (χ1) is 14.6. The van der Waals surface area contributed by atoms with Gasteiger partial charge in [-0.2, -0.15) is 0 Å². The summed E-state index contributed by atoms with van der Waals surface area (Å²) in [5.41, 5.74) is 2.69. The number of rotatable bonds is 6. The SMILES string of the molecule is CCC12CCC(=O)C=C1c1c(cc(OCC(=O)OCC3COC(C)(C)O3)c(Cl)c1Cl)C2. The number of allylic oxidation sites excluding steroid dienone is 2. The zero-order chi connectivity index (χ0) is 22.4. The highest BCUT2D eigenvalue weighted by Crippen LogP contribution is 2.57. The molecular formula is C23H26Cl2O6. The standard InChI is InChI=1S/C23H26Cl2O6/c1-4-23-6-5-14(26)8-16(23)19-13(9-23)7-17(20(24)21(19)25)28-12-18(27)29-10-15-11-30-22(2,3)31-15/h7-8,15H,4-6,9-12H2,1-3H3. The van der Waals surface area contributed by atoms with Crippen molar-refractivity contribution < 1.29 is 28.5 Å². The second-order valence-corrected chi connectivity index (χ2v) is 9.55. The van der Waals surface area contributed by atoms with Gasteiger partial charge in [-0.05, 0) is 56.4 Å². The lowest BCUT2D eigenvalue weighted by Crippen LogP contribution is -2.26. The van der Waals surface area contributed by atoms with Gasteiger partial charge in [0.25, 0.3) is 0 Å². The van der Waals surface area contributed by atoms with Gasteiger partial charge in [-0.1, -0.05) is 30.1 Å². The van der Waals surface area contributed by atoms with Crippen molar-refractivity contribution in [3.63, 3.8) is 0 Å². The summed E-state index contributed by atoms with van der Waals surface area (Å²) in [6.07, 6.45) is 4.42. The summed E-state index contributed by atoms with van der Waals surface area (Å²) in [5.74, 6) is -0.758. The van der Waals surface area contributed by atoms with Crippen molar-refractivity contribution in [3.05, 3.63) is 33.3 Å². The Morgan fingerprint density at radius 2 is 2.06 bits per heavy atom. The normalized spacial score (nSPS) is 26.3. The van der Waals surface area contributed by atoms with Crippen molar-refractivity contribution in [2.24, 2.45) is 5.41 Å². The molecule has 31 heavy (non-hydrogen) atoms. The molecule has 0 amide bonds.